The Bertz CT molecular complexity index is 2250. The Kier molecular flexibility index (Phi) is 6.99. The van der Waals surface area contributed by atoms with Crippen LogP contribution in [0.5, 0.6) is 0 Å². The Balaban J connectivity index is 1.47. The molecule has 3 aromatic heterocycles. The zero-order valence-electron chi connectivity index (χ0n) is 23.7. The van der Waals surface area contributed by atoms with Crippen molar-refractivity contribution in [3.8, 4) is 5.69 Å². The molecule has 1 amide bonds. The molecule has 11 nitrogen and oxygen atoms in total. The van der Waals surface area contributed by atoms with Crippen molar-refractivity contribution in [3.63, 3.8) is 0 Å². The van der Waals surface area contributed by atoms with E-state index in [1.807, 2.05) is 0 Å². The smallest absolute Gasteiger partial charge is 0.383 e. The molecule has 230 valence electrons. The molecule has 0 aliphatic carbocycles. The Morgan fingerprint density at radius 2 is 1.73 bits per heavy atom. The molecule has 0 aliphatic rings. The number of aromatic amines is 1. The molecular formula is C30H24F3N7O4S. The molecule has 4 N–H and O–H groups in total. The van der Waals surface area contributed by atoms with E-state index in [9.17, 15) is 31.2 Å². The van der Waals surface area contributed by atoms with Crippen LogP contribution in [0.25, 0.3) is 27.6 Å². The number of aromatic nitrogens is 5. The Morgan fingerprint density at radius 3 is 2.44 bits per heavy atom. The minimum absolute atomic E-state index is 0.0246. The highest BCUT2D eigenvalue weighted by atomic mass is 32.2. The van der Waals surface area contributed by atoms with Crippen molar-refractivity contribution in [3.05, 3.63) is 101 Å². The molecule has 0 atom stereocenters. The first-order valence-electron chi connectivity index (χ1n) is 13.4. The number of benzene rings is 3. The summed E-state index contributed by atoms with van der Waals surface area (Å²) in [6, 6.07) is 16.1. The minimum atomic E-state index is -4.63. The average Bonchev–Trinajstić information content (AvgIpc) is 3.68. The van der Waals surface area contributed by atoms with Crippen LogP contribution in [0.3, 0.4) is 0 Å². The number of fused-ring (bicyclic) bond motifs is 2. The molecule has 3 aromatic carbocycles. The quantitative estimate of drug-likeness (QED) is 0.215. The zero-order valence-corrected chi connectivity index (χ0v) is 24.5. The molecule has 0 fully saturated rings. The lowest BCUT2D eigenvalue weighted by Gasteiger charge is -2.12. The van der Waals surface area contributed by atoms with Gasteiger partial charge in [-0.05, 0) is 68.4 Å². The van der Waals surface area contributed by atoms with Crippen molar-refractivity contribution in [2.45, 2.75) is 24.9 Å². The number of carbonyl (C=O) groups excluding carboxylic acids is 2. The van der Waals surface area contributed by atoms with Crippen LogP contribution in [0.1, 0.15) is 37.8 Å². The van der Waals surface area contributed by atoms with E-state index in [2.05, 4.69) is 15.1 Å². The topological polar surface area (TPSA) is 158 Å². The standard InChI is InChI=1S/C30H24F3N7O4S/c1-16-3-7-21(8-4-16)45(43,44)40-25-10-5-18(29(42)35-15-30(31,32)33)11-19(25)12-26(40)27(41)22-14-36-39(28(22)34)20-6-9-23-24(13-20)38-17(2)37-23/h3-14H,15,34H2,1-2H3,(H,35,42)(H,37,38). The van der Waals surface area contributed by atoms with E-state index in [0.717, 1.165) is 15.1 Å². The van der Waals surface area contributed by atoms with Crippen molar-refractivity contribution in [2.75, 3.05) is 12.3 Å². The van der Waals surface area contributed by atoms with Crippen LogP contribution in [-0.2, 0) is 10.0 Å². The summed E-state index contributed by atoms with van der Waals surface area (Å²) < 4.78 is 68.2. The maximum absolute atomic E-state index is 14.0. The number of halogens is 3. The summed E-state index contributed by atoms with van der Waals surface area (Å²) in [6.07, 6.45) is -3.41. The number of nitrogen functional groups attached to an aromatic ring is 1. The lowest BCUT2D eigenvalue weighted by molar-refractivity contribution is -0.123. The second kappa shape index (κ2) is 10.6. The van der Waals surface area contributed by atoms with Crippen molar-refractivity contribution in [1.29, 1.82) is 0 Å². The molecule has 0 unspecified atom stereocenters. The normalized spacial score (nSPS) is 12.2. The van der Waals surface area contributed by atoms with Crippen molar-refractivity contribution in [2.24, 2.45) is 0 Å². The van der Waals surface area contributed by atoms with Gasteiger partial charge in [0, 0.05) is 10.9 Å². The van der Waals surface area contributed by atoms with Gasteiger partial charge in [0.1, 0.15) is 23.9 Å². The van der Waals surface area contributed by atoms with Gasteiger partial charge in [-0.15, -0.1) is 0 Å². The highest BCUT2D eigenvalue weighted by molar-refractivity contribution is 7.90. The van der Waals surface area contributed by atoms with Gasteiger partial charge in [0.05, 0.1) is 38.9 Å². The van der Waals surface area contributed by atoms with Crippen molar-refractivity contribution in [1.82, 2.24) is 29.0 Å². The van der Waals surface area contributed by atoms with Gasteiger partial charge in [0.15, 0.2) is 0 Å². The summed E-state index contributed by atoms with van der Waals surface area (Å²) in [5.74, 6) is -1.17. The first-order chi connectivity index (χ1) is 21.2. The molecule has 0 spiro atoms. The molecule has 6 aromatic rings. The summed E-state index contributed by atoms with van der Waals surface area (Å²) in [5, 5.41) is 6.17. The highest BCUT2D eigenvalue weighted by Crippen LogP contribution is 2.30. The van der Waals surface area contributed by atoms with Gasteiger partial charge >= 0.3 is 6.18 Å². The second-order valence-electron chi connectivity index (χ2n) is 10.4. The first kappa shape index (κ1) is 29.6. The van der Waals surface area contributed by atoms with Crippen LogP contribution in [0.15, 0.2) is 77.8 Å². The van der Waals surface area contributed by atoms with E-state index in [0.29, 0.717) is 17.0 Å². The molecule has 45 heavy (non-hydrogen) atoms. The van der Waals surface area contributed by atoms with Gasteiger partial charge in [-0.25, -0.2) is 22.1 Å². The maximum atomic E-state index is 14.0. The van der Waals surface area contributed by atoms with Crippen molar-refractivity contribution < 1.29 is 31.2 Å². The number of rotatable bonds is 7. The number of H-pyrrole nitrogens is 1. The van der Waals surface area contributed by atoms with Gasteiger partial charge in [-0.2, -0.15) is 18.3 Å². The molecule has 6 rings (SSSR count). The lowest BCUT2D eigenvalue weighted by Crippen LogP contribution is -2.33. The number of anilines is 1. The SMILES string of the molecule is Cc1ccc(S(=O)(=O)n2c(C(=O)c3cnn(-c4ccc5[nH]c(C)nc5c4)c3N)cc3cc(C(=O)NCC(F)(F)F)ccc32)cc1. The Hall–Kier alpha value is -5.44. The van der Waals surface area contributed by atoms with Gasteiger partial charge in [-0.3, -0.25) is 9.59 Å². The van der Waals surface area contributed by atoms with Gasteiger partial charge in [0.2, 0.25) is 5.78 Å². The van der Waals surface area contributed by atoms with E-state index in [4.69, 9.17) is 5.73 Å². The number of hydrogen-bond acceptors (Lipinski definition) is 7. The fourth-order valence-electron chi connectivity index (χ4n) is 4.98. The second-order valence-corrected chi connectivity index (χ2v) is 12.2. The number of imidazole rings is 1. The molecule has 3 heterocycles. The monoisotopic (exact) mass is 635 g/mol. The number of hydrogen-bond donors (Lipinski definition) is 3. The number of ketones is 1. The fraction of sp³-hybridized carbons (Fsp3) is 0.133. The predicted octanol–water partition coefficient (Wildman–Crippen LogP) is 4.66. The third-order valence-corrected chi connectivity index (χ3v) is 8.88. The summed E-state index contributed by atoms with van der Waals surface area (Å²) in [6.45, 7) is 2.04. The Labute approximate surface area is 253 Å². The van der Waals surface area contributed by atoms with Crippen LogP contribution in [-0.4, -0.2) is 56.6 Å². The molecule has 15 heteroatoms. The van der Waals surface area contributed by atoms with Crippen molar-refractivity contribution >= 4 is 49.5 Å². The molecule has 0 bridgehead atoms. The Morgan fingerprint density at radius 1 is 1.00 bits per heavy atom. The number of alkyl halides is 3. The van der Waals surface area contributed by atoms with Gasteiger partial charge in [-0.1, -0.05) is 17.7 Å². The number of nitrogens with zero attached hydrogens (tertiary/aromatic N) is 4. The zero-order chi connectivity index (χ0) is 32.3. The lowest BCUT2D eigenvalue weighted by atomic mass is 10.1. The number of nitrogens with two attached hydrogens (primary N) is 1. The number of amides is 1. The number of aryl methyl sites for hydroxylation is 2. The number of carbonyl (C=O) groups is 2. The predicted molar refractivity (Wildman–Crippen MR) is 160 cm³/mol. The van der Waals surface area contributed by atoms with Crippen LogP contribution in [0.4, 0.5) is 19.0 Å². The molecular weight excluding hydrogens is 611 g/mol. The summed E-state index contributed by atoms with van der Waals surface area (Å²) in [7, 11) is -4.40. The third kappa shape index (κ3) is 5.42. The maximum Gasteiger partial charge on any atom is 0.405 e. The van der Waals surface area contributed by atoms with E-state index in [1.165, 1.54) is 47.3 Å². The number of nitrogens with one attached hydrogen (secondary N) is 2. The molecule has 0 aliphatic heterocycles. The summed E-state index contributed by atoms with van der Waals surface area (Å²) in [4.78, 5) is 33.9. The summed E-state index contributed by atoms with van der Waals surface area (Å²) in [5.41, 5.74) is 8.58. The van der Waals surface area contributed by atoms with E-state index < -0.39 is 34.4 Å². The third-order valence-electron chi connectivity index (χ3n) is 7.14. The highest BCUT2D eigenvalue weighted by Gasteiger charge is 2.31. The first-order valence-corrected chi connectivity index (χ1v) is 14.8. The van der Waals surface area contributed by atoms with Crippen LogP contribution >= 0.6 is 0 Å². The van der Waals surface area contributed by atoms with E-state index in [-0.39, 0.29) is 38.4 Å². The van der Waals surface area contributed by atoms with Crippen LogP contribution in [0.2, 0.25) is 0 Å². The van der Waals surface area contributed by atoms with Crippen LogP contribution in [0, 0.1) is 13.8 Å². The van der Waals surface area contributed by atoms with Gasteiger partial charge < -0.3 is 16.0 Å². The molecule has 0 saturated carbocycles. The van der Waals surface area contributed by atoms with Gasteiger partial charge in [0.25, 0.3) is 15.9 Å². The van der Waals surface area contributed by atoms with E-state index >= 15 is 0 Å². The molecule has 0 saturated heterocycles. The molecule has 0 radical (unpaired) electrons. The minimum Gasteiger partial charge on any atom is -0.383 e. The van der Waals surface area contributed by atoms with Crippen LogP contribution < -0.4 is 11.1 Å². The largest absolute Gasteiger partial charge is 0.405 e. The average molecular weight is 636 g/mol. The van der Waals surface area contributed by atoms with E-state index in [1.54, 1.807) is 49.5 Å². The summed E-state index contributed by atoms with van der Waals surface area (Å²) >= 11 is 0. The fourth-order valence-corrected chi connectivity index (χ4v) is 6.49.